The van der Waals surface area contributed by atoms with Crippen LogP contribution in [0.4, 0.5) is 5.69 Å². The number of aliphatic hydroxyl groups excluding tert-OH is 1. The van der Waals surface area contributed by atoms with Gasteiger partial charge in [-0.15, -0.1) is 0 Å². The van der Waals surface area contributed by atoms with Crippen LogP contribution in [0.5, 0.6) is 0 Å². The van der Waals surface area contributed by atoms with E-state index in [1.54, 1.807) is 12.1 Å². The molecule has 0 saturated carbocycles. The van der Waals surface area contributed by atoms with E-state index < -0.39 is 11.0 Å². The van der Waals surface area contributed by atoms with Gasteiger partial charge in [0.05, 0.1) is 11.0 Å². The zero-order valence-electron chi connectivity index (χ0n) is 9.06. The number of nitro groups is 1. The summed E-state index contributed by atoms with van der Waals surface area (Å²) in [6.07, 6.45) is 0.939. The first-order valence-electron chi connectivity index (χ1n) is 5.08. The highest BCUT2D eigenvalue weighted by Gasteiger charge is 2.13. The highest BCUT2D eigenvalue weighted by molar-refractivity contribution is 5.35. The van der Waals surface area contributed by atoms with Crippen LogP contribution in [-0.4, -0.2) is 16.6 Å². The molecule has 0 saturated heterocycles. The molecule has 7 heteroatoms. The molecule has 1 N–H and O–H groups in total. The van der Waals surface area contributed by atoms with E-state index in [1.165, 1.54) is 12.1 Å². The fourth-order valence-corrected chi connectivity index (χ4v) is 1.48. The van der Waals surface area contributed by atoms with Crippen LogP contribution in [0.2, 0.25) is 0 Å². The quantitative estimate of drug-likeness (QED) is 0.269. The molecule has 0 aliphatic carbocycles. The van der Waals surface area contributed by atoms with Gasteiger partial charge in [0, 0.05) is 23.7 Å². The normalized spacial score (nSPS) is 11.6. The molecule has 0 heterocycles. The van der Waals surface area contributed by atoms with Crippen molar-refractivity contribution >= 4 is 5.69 Å². The molecule has 0 radical (unpaired) electrons. The Kier molecular flexibility index (Phi) is 4.93. The van der Waals surface area contributed by atoms with Gasteiger partial charge in [0.1, 0.15) is 0 Å². The Balaban J connectivity index is 2.96. The number of azide groups is 1. The van der Waals surface area contributed by atoms with Crippen LogP contribution in [0.1, 0.15) is 24.4 Å². The van der Waals surface area contributed by atoms with Gasteiger partial charge in [-0.25, -0.2) is 0 Å². The maximum Gasteiger partial charge on any atom is 0.269 e. The van der Waals surface area contributed by atoms with E-state index in [9.17, 15) is 10.1 Å². The molecule has 0 spiro atoms. The Morgan fingerprint density at radius 3 is 2.94 bits per heavy atom. The molecule has 1 aromatic carbocycles. The number of nitro benzene ring substituents is 1. The van der Waals surface area contributed by atoms with Crippen molar-refractivity contribution in [1.29, 1.82) is 0 Å². The monoisotopic (exact) mass is 236 g/mol. The Hall–Kier alpha value is -2.11. The van der Waals surface area contributed by atoms with Crippen molar-refractivity contribution in [2.45, 2.75) is 18.9 Å². The number of non-ortho nitro benzene ring substituents is 1. The van der Waals surface area contributed by atoms with Crippen LogP contribution in [-0.2, 0) is 0 Å². The van der Waals surface area contributed by atoms with E-state index in [-0.39, 0.29) is 12.3 Å². The van der Waals surface area contributed by atoms with Gasteiger partial charge in [0.2, 0.25) is 0 Å². The van der Waals surface area contributed by atoms with Crippen molar-refractivity contribution in [1.82, 2.24) is 0 Å². The van der Waals surface area contributed by atoms with E-state index >= 15 is 0 Å². The van der Waals surface area contributed by atoms with Crippen molar-refractivity contribution < 1.29 is 10.0 Å². The summed E-state index contributed by atoms with van der Waals surface area (Å²) in [6.45, 7) is -0.00756. The predicted octanol–water partition coefficient (Wildman–Crippen LogP) is 2.72. The first kappa shape index (κ1) is 13.0. The molecule has 7 nitrogen and oxygen atoms in total. The lowest BCUT2D eigenvalue weighted by Gasteiger charge is -2.10. The molecule has 0 bridgehead atoms. The molecule has 0 amide bonds. The van der Waals surface area contributed by atoms with Crippen LogP contribution < -0.4 is 0 Å². The van der Waals surface area contributed by atoms with Crippen molar-refractivity contribution in [3.8, 4) is 0 Å². The zero-order valence-corrected chi connectivity index (χ0v) is 9.06. The Morgan fingerprint density at radius 2 is 2.35 bits per heavy atom. The maximum absolute atomic E-state index is 10.6. The molecule has 17 heavy (non-hydrogen) atoms. The van der Waals surface area contributed by atoms with Gasteiger partial charge in [-0.05, 0) is 23.9 Å². The van der Waals surface area contributed by atoms with Gasteiger partial charge < -0.3 is 5.11 Å². The average Bonchev–Trinajstić information content (AvgIpc) is 2.34. The van der Waals surface area contributed by atoms with Gasteiger partial charge >= 0.3 is 0 Å². The summed E-state index contributed by atoms with van der Waals surface area (Å²) in [7, 11) is 0. The third kappa shape index (κ3) is 3.75. The van der Waals surface area contributed by atoms with Gasteiger partial charge in [0.15, 0.2) is 0 Å². The van der Waals surface area contributed by atoms with E-state index in [2.05, 4.69) is 10.0 Å². The molecule has 0 aliphatic rings. The molecule has 0 aliphatic heterocycles. The summed E-state index contributed by atoms with van der Waals surface area (Å²) in [5.74, 6) is 0. The van der Waals surface area contributed by atoms with Gasteiger partial charge in [-0.3, -0.25) is 10.1 Å². The molecule has 1 atom stereocenters. The molecular weight excluding hydrogens is 224 g/mol. The SMILES string of the molecule is [N-]=[N+]=NC(CCCO)c1cccc([N+](=O)[O-])c1. The second kappa shape index (κ2) is 6.47. The molecule has 1 rings (SSSR count). The minimum Gasteiger partial charge on any atom is -0.396 e. The third-order valence-corrected chi connectivity index (χ3v) is 2.29. The zero-order chi connectivity index (χ0) is 12.7. The van der Waals surface area contributed by atoms with Crippen molar-refractivity contribution in [2.75, 3.05) is 6.61 Å². The van der Waals surface area contributed by atoms with Crippen LogP contribution in [0.15, 0.2) is 29.4 Å². The highest BCUT2D eigenvalue weighted by atomic mass is 16.6. The minimum atomic E-state index is -0.497. The van der Waals surface area contributed by atoms with Gasteiger partial charge in [0.25, 0.3) is 5.69 Å². The fourth-order valence-electron chi connectivity index (χ4n) is 1.48. The first-order chi connectivity index (χ1) is 8.19. The predicted molar refractivity (Wildman–Crippen MR) is 61.3 cm³/mol. The van der Waals surface area contributed by atoms with E-state index in [0.29, 0.717) is 18.4 Å². The first-order valence-corrected chi connectivity index (χ1v) is 5.08. The maximum atomic E-state index is 10.6. The molecule has 0 aromatic heterocycles. The number of hydrogen-bond donors (Lipinski definition) is 1. The molecule has 1 aromatic rings. The number of aliphatic hydroxyl groups is 1. The number of benzene rings is 1. The summed E-state index contributed by atoms with van der Waals surface area (Å²) < 4.78 is 0. The van der Waals surface area contributed by atoms with Crippen molar-refractivity contribution in [3.63, 3.8) is 0 Å². The fraction of sp³-hybridized carbons (Fsp3) is 0.400. The van der Waals surface area contributed by atoms with E-state index in [0.717, 1.165) is 0 Å². The lowest BCUT2D eigenvalue weighted by atomic mass is 10.0. The number of nitrogens with zero attached hydrogens (tertiary/aromatic N) is 4. The smallest absolute Gasteiger partial charge is 0.269 e. The highest BCUT2D eigenvalue weighted by Crippen LogP contribution is 2.26. The summed E-state index contributed by atoms with van der Waals surface area (Å²) in [6, 6.07) is 5.50. The van der Waals surface area contributed by atoms with Gasteiger partial charge in [-0.1, -0.05) is 17.2 Å². The summed E-state index contributed by atoms with van der Waals surface area (Å²) in [5, 5.41) is 22.9. The van der Waals surface area contributed by atoms with E-state index in [1.807, 2.05) is 0 Å². The van der Waals surface area contributed by atoms with Crippen LogP contribution in [0, 0.1) is 10.1 Å². The number of hydrogen-bond acceptors (Lipinski definition) is 4. The summed E-state index contributed by atoms with van der Waals surface area (Å²) in [4.78, 5) is 12.8. The summed E-state index contributed by atoms with van der Waals surface area (Å²) in [5.41, 5.74) is 8.99. The molecule has 90 valence electrons. The standard InChI is InChI=1S/C10H12N4O3/c11-13-12-10(5-2-6-15)8-3-1-4-9(7-8)14(16)17/h1,3-4,7,10,15H,2,5-6H2. The van der Waals surface area contributed by atoms with Crippen LogP contribution >= 0.6 is 0 Å². The minimum absolute atomic E-state index is 0.00756. The van der Waals surface area contributed by atoms with Crippen molar-refractivity contribution in [3.05, 3.63) is 50.4 Å². The average molecular weight is 236 g/mol. The van der Waals surface area contributed by atoms with E-state index in [4.69, 9.17) is 10.6 Å². The Bertz CT molecular complexity index is 443. The topological polar surface area (TPSA) is 112 Å². The summed E-state index contributed by atoms with van der Waals surface area (Å²) >= 11 is 0. The Labute approximate surface area is 97.5 Å². The van der Waals surface area contributed by atoms with Crippen molar-refractivity contribution in [2.24, 2.45) is 5.11 Å². The molecule has 0 fully saturated rings. The van der Waals surface area contributed by atoms with Crippen LogP contribution in [0.3, 0.4) is 0 Å². The lowest BCUT2D eigenvalue weighted by molar-refractivity contribution is -0.384. The Morgan fingerprint density at radius 1 is 1.59 bits per heavy atom. The lowest BCUT2D eigenvalue weighted by Crippen LogP contribution is -1.98. The van der Waals surface area contributed by atoms with Crippen LogP contribution in [0.25, 0.3) is 10.4 Å². The molecule has 1 unspecified atom stereocenters. The number of rotatable bonds is 6. The van der Waals surface area contributed by atoms with Gasteiger partial charge in [-0.2, -0.15) is 0 Å². The second-order valence-electron chi connectivity index (χ2n) is 3.44. The third-order valence-electron chi connectivity index (χ3n) is 2.29. The molecular formula is C10H12N4O3. The second-order valence-corrected chi connectivity index (χ2v) is 3.44. The largest absolute Gasteiger partial charge is 0.396 e.